The maximum absolute atomic E-state index is 2.59. The molecule has 0 saturated heterocycles. The molecule has 0 heterocycles. The molecule has 0 bridgehead atoms. The fourth-order valence-electron chi connectivity index (χ4n) is 0.525. The molecule has 1 atom stereocenters. The fourth-order valence-corrected chi connectivity index (χ4v) is 3.94. The van der Waals surface area contributed by atoms with Crippen LogP contribution in [-0.2, 0) is 0 Å². The van der Waals surface area contributed by atoms with E-state index in [1.807, 2.05) is 0 Å². The number of hydrogen-bond donors (Lipinski definition) is 0. The Kier molecular flexibility index (Phi) is 5.71. The summed E-state index contributed by atoms with van der Waals surface area (Å²) in [6.07, 6.45) is 2.82. The summed E-state index contributed by atoms with van der Waals surface area (Å²) in [4.78, 5) is 0. The number of rotatable bonds is 3. The van der Waals surface area contributed by atoms with Gasteiger partial charge in [-0.2, -0.15) is 0 Å². The molecule has 0 N–H and O–H groups in total. The zero-order valence-electron chi connectivity index (χ0n) is 5.82. The lowest BCUT2D eigenvalue weighted by atomic mass is 10.3. The molecule has 50 valence electrons. The molecule has 0 amide bonds. The highest BCUT2D eigenvalue weighted by Crippen LogP contribution is 2.45. The van der Waals surface area contributed by atoms with E-state index < -0.39 is 0 Å². The molecule has 0 aromatic carbocycles. The molecule has 0 spiro atoms. The highest BCUT2D eigenvalue weighted by atomic mass is 127. The van der Waals surface area contributed by atoms with Crippen molar-refractivity contribution in [3.05, 3.63) is 0 Å². The molecule has 0 aromatic heterocycles. The summed E-state index contributed by atoms with van der Waals surface area (Å²) in [5, 5.41) is 0. The van der Waals surface area contributed by atoms with Gasteiger partial charge >= 0.3 is 0 Å². The van der Waals surface area contributed by atoms with Crippen LogP contribution in [0.25, 0.3) is 0 Å². The summed E-state index contributed by atoms with van der Waals surface area (Å²) in [6.45, 7) is 6.87. The quantitative estimate of drug-likeness (QED) is 0.526. The second kappa shape index (κ2) is 4.99. The molecule has 0 rings (SSSR count). The Morgan fingerprint density at radius 1 is 1.50 bits per heavy atom. The first-order chi connectivity index (χ1) is 3.66. The molecule has 0 aliphatic carbocycles. The fraction of sp³-hybridized carbons (Fsp3) is 1.00. The molecular weight excluding hydrogens is 230 g/mol. The average molecular weight is 244 g/mol. The highest BCUT2D eigenvalue weighted by Gasteiger charge is 2.01. The first-order valence-electron chi connectivity index (χ1n) is 3.07. The van der Waals surface area contributed by atoms with E-state index >= 15 is 0 Å². The second-order valence-corrected chi connectivity index (χ2v) is 8.37. The number of hydrogen-bond acceptors (Lipinski definition) is 0. The smallest absolute Gasteiger partial charge is 0.0212 e. The van der Waals surface area contributed by atoms with E-state index in [9.17, 15) is 0 Å². The van der Waals surface area contributed by atoms with E-state index in [-0.39, 0.29) is 0 Å². The first kappa shape index (κ1) is 9.16. The lowest BCUT2D eigenvalue weighted by Crippen LogP contribution is -1.91. The lowest BCUT2D eigenvalue weighted by molar-refractivity contribution is 0.747. The summed E-state index contributed by atoms with van der Waals surface area (Å²) in [5.41, 5.74) is 0.352. The maximum Gasteiger partial charge on any atom is -0.0212 e. The SMILES string of the molecule is CCP(I)CC(C)C. The van der Waals surface area contributed by atoms with Crippen molar-refractivity contribution in [1.82, 2.24) is 0 Å². The normalized spacial score (nSPS) is 14.6. The van der Waals surface area contributed by atoms with Crippen molar-refractivity contribution < 1.29 is 0 Å². The third-order valence-electron chi connectivity index (χ3n) is 0.906. The van der Waals surface area contributed by atoms with Gasteiger partial charge in [-0.05, 0) is 23.8 Å². The van der Waals surface area contributed by atoms with Gasteiger partial charge in [0, 0.05) is 0 Å². The molecule has 0 aromatic rings. The van der Waals surface area contributed by atoms with Gasteiger partial charge in [-0.15, -0.1) is 0 Å². The van der Waals surface area contributed by atoms with Crippen LogP contribution in [0.2, 0.25) is 0 Å². The standard InChI is InChI=1S/C6H14IP/c1-4-8(7)5-6(2)3/h6H,4-5H2,1-3H3. The molecular formula is C6H14IP. The van der Waals surface area contributed by atoms with Crippen molar-refractivity contribution in [3.8, 4) is 0 Å². The topological polar surface area (TPSA) is 0 Å². The molecule has 0 radical (unpaired) electrons. The predicted molar refractivity (Wildman–Crippen MR) is 51.2 cm³/mol. The van der Waals surface area contributed by atoms with Crippen molar-refractivity contribution in [2.45, 2.75) is 20.8 Å². The molecule has 0 nitrogen and oxygen atoms in total. The van der Waals surface area contributed by atoms with E-state index in [1.165, 1.54) is 12.3 Å². The van der Waals surface area contributed by atoms with E-state index in [1.54, 1.807) is 0 Å². The lowest BCUT2D eigenvalue weighted by Gasteiger charge is -2.08. The Hall–Kier alpha value is 1.16. The van der Waals surface area contributed by atoms with Crippen LogP contribution in [-0.4, -0.2) is 12.3 Å². The summed E-state index contributed by atoms with van der Waals surface area (Å²) < 4.78 is 0. The van der Waals surface area contributed by atoms with Crippen LogP contribution in [0.15, 0.2) is 0 Å². The summed E-state index contributed by atoms with van der Waals surface area (Å²) in [6, 6.07) is 0. The van der Waals surface area contributed by atoms with Gasteiger partial charge in [0.2, 0.25) is 0 Å². The Bertz CT molecular complexity index is 54.5. The second-order valence-electron chi connectivity index (χ2n) is 2.36. The van der Waals surface area contributed by atoms with E-state index in [0.29, 0.717) is 5.56 Å². The van der Waals surface area contributed by atoms with Crippen molar-refractivity contribution >= 4 is 27.6 Å². The van der Waals surface area contributed by atoms with Crippen LogP contribution in [0.5, 0.6) is 0 Å². The van der Waals surface area contributed by atoms with Gasteiger partial charge < -0.3 is 0 Å². The first-order valence-corrected chi connectivity index (χ1v) is 7.57. The van der Waals surface area contributed by atoms with Gasteiger partial charge in [-0.3, -0.25) is 0 Å². The molecule has 8 heavy (non-hydrogen) atoms. The van der Waals surface area contributed by atoms with Crippen molar-refractivity contribution in [1.29, 1.82) is 0 Å². The van der Waals surface area contributed by atoms with Crippen LogP contribution >= 0.6 is 27.6 Å². The van der Waals surface area contributed by atoms with Crippen molar-refractivity contribution in [2.75, 3.05) is 12.3 Å². The molecule has 0 aliphatic heterocycles. The van der Waals surface area contributed by atoms with Crippen LogP contribution in [0.1, 0.15) is 20.8 Å². The molecule has 0 aliphatic rings. The van der Waals surface area contributed by atoms with Gasteiger partial charge in [0.05, 0.1) is 0 Å². The van der Waals surface area contributed by atoms with E-state index in [2.05, 4.69) is 42.8 Å². The Morgan fingerprint density at radius 3 is 2.12 bits per heavy atom. The van der Waals surface area contributed by atoms with E-state index in [0.717, 1.165) is 5.92 Å². The Morgan fingerprint density at radius 2 is 2.00 bits per heavy atom. The molecule has 0 fully saturated rings. The minimum atomic E-state index is 0.352. The molecule has 1 unspecified atom stereocenters. The van der Waals surface area contributed by atoms with Gasteiger partial charge in [0.15, 0.2) is 0 Å². The third kappa shape index (κ3) is 5.30. The van der Waals surface area contributed by atoms with Crippen LogP contribution in [0.4, 0.5) is 0 Å². The van der Waals surface area contributed by atoms with Crippen molar-refractivity contribution in [3.63, 3.8) is 0 Å². The maximum atomic E-state index is 2.59. The summed E-state index contributed by atoms with van der Waals surface area (Å²) in [5.74, 6) is 0.901. The summed E-state index contributed by atoms with van der Waals surface area (Å²) >= 11 is 2.59. The van der Waals surface area contributed by atoms with E-state index in [4.69, 9.17) is 0 Å². The monoisotopic (exact) mass is 244 g/mol. The third-order valence-corrected chi connectivity index (χ3v) is 5.95. The Balaban J connectivity index is 3.10. The molecule has 0 saturated carbocycles. The minimum absolute atomic E-state index is 0.352. The zero-order valence-corrected chi connectivity index (χ0v) is 8.87. The summed E-state index contributed by atoms with van der Waals surface area (Å²) in [7, 11) is 0. The number of halogens is 1. The predicted octanol–water partition coefficient (Wildman–Crippen LogP) is 3.49. The molecule has 2 heteroatoms. The minimum Gasteiger partial charge on any atom is -0.0624 e. The van der Waals surface area contributed by atoms with Crippen LogP contribution in [0, 0.1) is 5.92 Å². The van der Waals surface area contributed by atoms with Crippen LogP contribution in [0.3, 0.4) is 0 Å². The Labute approximate surface area is 66.7 Å². The van der Waals surface area contributed by atoms with Crippen LogP contribution < -0.4 is 0 Å². The van der Waals surface area contributed by atoms with Crippen molar-refractivity contribution in [2.24, 2.45) is 5.92 Å². The van der Waals surface area contributed by atoms with Gasteiger partial charge in [0.25, 0.3) is 0 Å². The van der Waals surface area contributed by atoms with Gasteiger partial charge in [-0.25, -0.2) is 0 Å². The van der Waals surface area contributed by atoms with Gasteiger partial charge in [0.1, 0.15) is 0 Å². The van der Waals surface area contributed by atoms with Gasteiger partial charge in [-0.1, -0.05) is 42.8 Å². The highest BCUT2D eigenvalue weighted by molar-refractivity contribution is 14.2. The average Bonchev–Trinajstić information content (AvgIpc) is 1.65. The zero-order chi connectivity index (χ0) is 6.57. The largest absolute Gasteiger partial charge is 0.0624 e.